The molecule has 1 aromatic heterocycles. The third-order valence-corrected chi connectivity index (χ3v) is 2.53. The van der Waals surface area contributed by atoms with Crippen molar-refractivity contribution < 1.29 is 9.84 Å². The average molecular weight is 289 g/mol. The van der Waals surface area contributed by atoms with Crippen LogP contribution < -0.4 is 15.7 Å². The van der Waals surface area contributed by atoms with Crippen LogP contribution in [0.25, 0.3) is 0 Å². The summed E-state index contributed by atoms with van der Waals surface area (Å²) in [5.74, 6) is 0.589. The van der Waals surface area contributed by atoms with Crippen LogP contribution in [0.1, 0.15) is 18.2 Å². The maximum absolute atomic E-state index is 11.3. The molecule has 0 saturated carbocycles. The van der Waals surface area contributed by atoms with Crippen LogP contribution in [-0.4, -0.2) is 33.1 Å². The first-order valence-electron chi connectivity index (χ1n) is 6.28. The van der Waals surface area contributed by atoms with Gasteiger partial charge in [-0.1, -0.05) is 0 Å². The number of aryl methyl sites for hydroxylation is 1. The predicted octanol–water partition coefficient (Wildman–Crippen LogP) is 1.02. The molecule has 0 fully saturated rings. The van der Waals surface area contributed by atoms with Gasteiger partial charge >= 0.3 is 0 Å². The summed E-state index contributed by atoms with van der Waals surface area (Å²) in [5.41, 5.74) is 3.23. The molecular formula is C13H15N5O3. The molecule has 0 unspecified atom stereocenters. The van der Waals surface area contributed by atoms with E-state index in [0.29, 0.717) is 17.9 Å². The molecule has 0 atom stereocenters. The van der Waals surface area contributed by atoms with E-state index in [0.717, 1.165) is 0 Å². The van der Waals surface area contributed by atoms with E-state index in [-0.39, 0.29) is 23.0 Å². The molecule has 8 nitrogen and oxygen atoms in total. The summed E-state index contributed by atoms with van der Waals surface area (Å²) in [6.07, 6.45) is 1.50. The second kappa shape index (κ2) is 6.51. The standard InChI is InChI=1S/C13H15N5O3/c1-3-21-11-6-9(4-5-10(11)19)7-14-17-13-15-12(20)8(2)16-18-13/h4-7,19H,3H2,1-2H3,(H2,15,17,18,20). The fourth-order valence-electron chi connectivity index (χ4n) is 1.49. The number of phenols is 1. The SMILES string of the molecule is CCOc1cc(C=NNc2nnc(C)c(=O)[nH]2)ccc1O. The summed E-state index contributed by atoms with van der Waals surface area (Å²) >= 11 is 0. The van der Waals surface area contributed by atoms with Gasteiger partial charge in [-0.3, -0.25) is 9.78 Å². The van der Waals surface area contributed by atoms with E-state index in [1.807, 2.05) is 6.92 Å². The van der Waals surface area contributed by atoms with E-state index < -0.39 is 0 Å². The van der Waals surface area contributed by atoms with Crippen LogP contribution in [0.4, 0.5) is 5.95 Å². The summed E-state index contributed by atoms with van der Waals surface area (Å²) in [6.45, 7) is 3.84. The minimum Gasteiger partial charge on any atom is -0.504 e. The molecule has 0 amide bonds. The van der Waals surface area contributed by atoms with Crippen molar-refractivity contribution in [3.63, 3.8) is 0 Å². The molecule has 0 spiro atoms. The monoisotopic (exact) mass is 289 g/mol. The highest BCUT2D eigenvalue weighted by Crippen LogP contribution is 2.26. The first-order chi connectivity index (χ1) is 10.1. The highest BCUT2D eigenvalue weighted by molar-refractivity contribution is 5.81. The largest absolute Gasteiger partial charge is 0.504 e. The molecule has 2 aromatic rings. The number of hydrogen-bond donors (Lipinski definition) is 3. The maximum Gasteiger partial charge on any atom is 0.274 e. The Morgan fingerprint density at radius 3 is 3.00 bits per heavy atom. The Hall–Kier alpha value is -2.90. The molecule has 1 aromatic carbocycles. The van der Waals surface area contributed by atoms with E-state index in [1.165, 1.54) is 12.3 Å². The molecule has 3 N–H and O–H groups in total. The molecule has 21 heavy (non-hydrogen) atoms. The molecule has 8 heteroatoms. The molecule has 0 aliphatic rings. The lowest BCUT2D eigenvalue weighted by molar-refractivity contribution is 0.318. The van der Waals surface area contributed by atoms with Crippen molar-refractivity contribution in [2.24, 2.45) is 5.10 Å². The van der Waals surface area contributed by atoms with E-state index in [4.69, 9.17) is 4.74 Å². The van der Waals surface area contributed by atoms with Gasteiger partial charge in [0.1, 0.15) is 5.69 Å². The molecule has 0 aliphatic heterocycles. The highest BCUT2D eigenvalue weighted by Gasteiger charge is 2.02. The quantitative estimate of drug-likeness (QED) is 0.559. The fourth-order valence-corrected chi connectivity index (χ4v) is 1.49. The normalized spacial score (nSPS) is 10.8. The van der Waals surface area contributed by atoms with Gasteiger partial charge in [0, 0.05) is 0 Å². The van der Waals surface area contributed by atoms with Crippen LogP contribution in [0, 0.1) is 6.92 Å². The van der Waals surface area contributed by atoms with Crippen LogP contribution >= 0.6 is 0 Å². The molecule has 0 radical (unpaired) electrons. The van der Waals surface area contributed by atoms with Gasteiger partial charge in [0.15, 0.2) is 11.5 Å². The fraction of sp³-hybridized carbons (Fsp3) is 0.231. The lowest BCUT2D eigenvalue weighted by atomic mass is 10.2. The van der Waals surface area contributed by atoms with Crippen LogP contribution in [0.5, 0.6) is 11.5 Å². The number of hydrogen-bond acceptors (Lipinski definition) is 7. The number of benzene rings is 1. The van der Waals surface area contributed by atoms with Crippen molar-refractivity contribution in [3.8, 4) is 11.5 Å². The maximum atomic E-state index is 11.3. The minimum atomic E-state index is -0.328. The number of rotatable bonds is 5. The van der Waals surface area contributed by atoms with Crippen molar-refractivity contribution in [2.45, 2.75) is 13.8 Å². The number of nitrogens with zero attached hydrogens (tertiary/aromatic N) is 3. The Balaban J connectivity index is 2.08. The summed E-state index contributed by atoms with van der Waals surface area (Å²) in [6, 6.07) is 4.83. The summed E-state index contributed by atoms with van der Waals surface area (Å²) in [7, 11) is 0. The summed E-state index contributed by atoms with van der Waals surface area (Å²) < 4.78 is 5.27. The van der Waals surface area contributed by atoms with E-state index in [2.05, 4.69) is 25.7 Å². The number of hydrazone groups is 1. The van der Waals surface area contributed by atoms with Gasteiger partial charge in [-0.25, -0.2) is 5.43 Å². The zero-order valence-corrected chi connectivity index (χ0v) is 11.6. The van der Waals surface area contributed by atoms with Crippen molar-refractivity contribution >= 4 is 12.2 Å². The van der Waals surface area contributed by atoms with Gasteiger partial charge in [0.05, 0.1) is 12.8 Å². The lowest BCUT2D eigenvalue weighted by Crippen LogP contribution is -2.15. The zero-order valence-electron chi connectivity index (χ0n) is 11.6. The van der Waals surface area contributed by atoms with Gasteiger partial charge in [0.2, 0.25) is 5.95 Å². The number of phenolic OH excluding ortho intramolecular Hbond substituents is 1. The smallest absolute Gasteiger partial charge is 0.274 e. The van der Waals surface area contributed by atoms with Gasteiger partial charge in [0.25, 0.3) is 5.56 Å². The summed E-state index contributed by atoms with van der Waals surface area (Å²) in [4.78, 5) is 13.8. The van der Waals surface area contributed by atoms with Crippen LogP contribution in [0.15, 0.2) is 28.1 Å². The van der Waals surface area contributed by atoms with Crippen molar-refractivity contribution in [1.29, 1.82) is 0 Å². The minimum absolute atomic E-state index is 0.0655. The third kappa shape index (κ3) is 3.78. The van der Waals surface area contributed by atoms with Crippen molar-refractivity contribution in [2.75, 3.05) is 12.0 Å². The predicted molar refractivity (Wildman–Crippen MR) is 77.9 cm³/mol. The zero-order chi connectivity index (χ0) is 15.2. The second-order valence-corrected chi connectivity index (χ2v) is 4.12. The number of aromatic nitrogens is 3. The molecular weight excluding hydrogens is 274 g/mol. The summed E-state index contributed by atoms with van der Waals surface area (Å²) in [5, 5.41) is 20.9. The van der Waals surface area contributed by atoms with Gasteiger partial charge in [-0.15, -0.1) is 10.2 Å². The van der Waals surface area contributed by atoms with E-state index >= 15 is 0 Å². The van der Waals surface area contributed by atoms with Gasteiger partial charge in [-0.2, -0.15) is 5.10 Å². The Labute approximate surface area is 120 Å². The van der Waals surface area contributed by atoms with Crippen LogP contribution in [0.3, 0.4) is 0 Å². The second-order valence-electron chi connectivity index (χ2n) is 4.12. The number of aromatic hydroxyl groups is 1. The average Bonchev–Trinajstić information content (AvgIpc) is 2.46. The number of H-pyrrole nitrogens is 1. The molecule has 1 heterocycles. The molecule has 0 saturated heterocycles. The number of ether oxygens (including phenoxy) is 1. The van der Waals surface area contributed by atoms with Crippen molar-refractivity contribution in [3.05, 3.63) is 39.8 Å². The Kier molecular flexibility index (Phi) is 4.50. The Morgan fingerprint density at radius 2 is 2.29 bits per heavy atom. The number of anilines is 1. The topological polar surface area (TPSA) is 112 Å². The third-order valence-electron chi connectivity index (χ3n) is 2.53. The van der Waals surface area contributed by atoms with Crippen molar-refractivity contribution in [1.82, 2.24) is 15.2 Å². The van der Waals surface area contributed by atoms with Gasteiger partial charge in [-0.05, 0) is 37.6 Å². The molecule has 110 valence electrons. The molecule has 0 aliphatic carbocycles. The highest BCUT2D eigenvalue weighted by atomic mass is 16.5. The molecule has 0 bridgehead atoms. The van der Waals surface area contributed by atoms with Crippen LogP contribution in [0.2, 0.25) is 0 Å². The molecule has 2 rings (SSSR count). The lowest BCUT2D eigenvalue weighted by Gasteiger charge is -2.05. The van der Waals surface area contributed by atoms with Crippen LogP contribution in [-0.2, 0) is 0 Å². The number of aromatic amines is 1. The van der Waals surface area contributed by atoms with Gasteiger partial charge < -0.3 is 9.84 Å². The van der Waals surface area contributed by atoms with E-state index in [9.17, 15) is 9.90 Å². The number of nitrogens with one attached hydrogen (secondary N) is 2. The van der Waals surface area contributed by atoms with E-state index in [1.54, 1.807) is 19.1 Å². The Morgan fingerprint density at radius 1 is 1.48 bits per heavy atom. The Bertz CT molecular complexity index is 711. The first kappa shape index (κ1) is 14.5. The first-order valence-corrected chi connectivity index (χ1v) is 6.28.